The molecule has 128 valence electrons. The van der Waals surface area contributed by atoms with Gasteiger partial charge in [0.15, 0.2) is 5.82 Å². The van der Waals surface area contributed by atoms with Gasteiger partial charge in [0, 0.05) is 12.3 Å². The van der Waals surface area contributed by atoms with Crippen molar-refractivity contribution in [2.24, 2.45) is 0 Å². The van der Waals surface area contributed by atoms with Crippen molar-refractivity contribution < 1.29 is 14.1 Å². The molecule has 1 N–H and O–H groups in total. The number of aromatic nitrogens is 4. The minimum atomic E-state index is -0.588. The third-order valence-corrected chi connectivity index (χ3v) is 3.28. The molecule has 0 aliphatic carbocycles. The van der Waals surface area contributed by atoms with E-state index in [4.69, 9.17) is 0 Å². The number of benzene rings is 1. The molecule has 0 fully saturated rings. The largest absolute Gasteiger partial charge is 0.308 e. The van der Waals surface area contributed by atoms with E-state index in [-0.39, 0.29) is 18.0 Å². The maximum absolute atomic E-state index is 13.2. The zero-order valence-corrected chi connectivity index (χ0v) is 12.9. The molecule has 0 spiro atoms. The average Bonchev–Trinajstić information content (AvgIpc) is 3.17. The van der Waals surface area contributed by atoms with Gasteiger partial charge in [-0.05, 0) is 17.7 Å². The Morgan fingerprint density at radius 3 is 2.88 bits per heavy atom. The molecule has 0 aliphatic rings. The second-order valence-electron chi connectivity index (χ2n) is 5.23. The molecule has 0 saturated heterocycles. The molecular formula is C15H13FN6O3. The molecule has 10 heteroatoms. The van der Waals surface area contributed by atoms with Crippen LogP contribution in [0.1, 0.15) is 5.56 Å². The van der Waals surface area contributed by atoms with E-state index < -0.39 is 10.8 Å². The van der Waals surface area contributed by atoms with Crippen LogP contribution in [0.25, 0.3) is 0 Å². The van der Waals surface area contributed by atoms with Crippen LogP contribution >= 0.6 is 0 Å². The van der Waals surface area contributed by atoms with E-state index >= 15 is 0 Å². The highest BCUT2D eigenvalue weighted by Crippen LogP contribution is 2.10. The van der Waals surface area contributed by atoms with Gasteiger partial charge in [-0.2, -0.15) is 10.2 Å². The molecule has 0 saturated carbocycles. The lowest BCUT2D eigenvalue weighted by molar-refractivity contribution is -0.385. The zero-order valence-electron chi connectivity index (χ0n) is 12.9. The van der Waals surface area contributed by atoms with Gasteiger partial charge in [0.05, 0.1) is 11.5 Å². The summed E-state index contributed by atoms with van der Waals surface area (Å²) < 4.78 is 15.9. The maximum Gasteiger partial charge on any atom is 0.307 e. The SMILES string of the molecule is O=C(Cn1cc([N+](=O)[O-])cn1)Nc1ccn(Cc2cccc(F)c2)n1. The second-order valence-corrected chi connectivity index (χ2v) is 5.23. The average molecular weight is 344 g/mol. The van der Waals surface area contributed by atoms with Gasteiger partial charge in [0.2, 0.25) is 5.91 Å². The van der Waals surface area contributed by atoms with Crippen molar-refractivity contribution in [1.29, 1.82) is 0 Å². The molecule has 25 heavy (non-hydrogen) atoms. The van der Waals surface area contributed by atoms with Crippen molar-refractivity contribution in [2.75, 3.05) is 5.32 Å². The smallest absolute Gasteiger partial charge is 0.307 e. The van der Waals surface area contributed by atoms with E-state index in [1.54, 1.807) is 29.1 Å². The van der Waals surface area contributed by atoms with Gasteiger partial charge in [-0.25, -0.2) is 4.39 Å². The summed E-state index contributed by atoms with van der Waals surface area (Å²) in [6.07, 6.45) is 3.89. The van der Waals surface area contributed by atoms with Gasteiger partial charge in [0.1, 0.15) is 24.8 Å². The third kappa shape index (κ3) is 4.25. The number of carbonyl (C=O) groups is 1. The van der Waals surface area contributed by atoms with Crippen molar-refractivity contribution in [3.63, 3.8) is 0 Å². The van der Waals surface area contributed by atoms with E-state index in [0.717, 1.165) is 16.4 Å². The standard InChI is InChI=1S/C15H13FN6O3/c16-12-3-1-2-11(6-12)8-20-5-4-14(19-20)18-15(23)10-21-9-13(7-17-21)22(24)25/h1-7,9H,8,10H2,(H,18,19,23). The first kappa shape index (κ1) is 16.3. The summed E-state index contributed by atoms with van der Waals surface area (Å²) in [4.78, 5) is 21.9. The Bertz CT molecular complexity index is 919. The number of nitro groups is 1. The molecule has 0 bridgehead atoms. The molecule has 0 radical (unpaired) electrons. The van der Waals surface area contributed by atoms with E-state index in [2.05, 4.69) is 15.5 Å². The van der Waals surface area contributed by atoms with E-state index in [1.807, 2.05) is 0 Å². The fourth-order valence-corrected chi connectivity index (χ4v) is 2.20. The number of hydrogen-bond donors (Lipinski definition) is 1. The van der Waals surface area contributed by atoms with Gasteiger partial charge >= 0.3 is 5.69 Å². The van der Waals surface area contributed by atoms with Crippen LogP contribution < -0.4 is 5.32 Å². The van der Waals surface area contributed by atoms with Crippen molar-refractivity contribution in [3.05, 3.63) is 70.4 Å². The summed E-state index contributed by atoms with van der Waals surface area (Å²) in [6.45, 7) is 0.184. The molecular weight excluding hydrogens is 331 g/mol. The van der Waals surface area contributed by atoms with Crippen molar-refractivity contribution in [3.8, 4) is 0 Å². The first-order chi connectivity index (χ1) is 12.0. The summed E-state index contributed by atoms with van der Waals surface area (Å²) in [5.74, 6) is -0.427. The lowest BCUT2D eigenvalue weighted by atomic mass is 10.2. The molecule has 9 nitrogen and oxygen atoms in total. The second kappa shape index (κ2) is 6.91. The highest BCUT2D eigenvalue weighted by Gasteiger charge is 2.12. The number of anilines is 1. The quantitative estimate of drug-likeness (QED) is 0.542. The molecule has 1 amide bonds. The molecule has 1 aromatic carbocycles. The summed E-state index contributed by atoms with van der Waals surface area (Å²) in [5.41, 5.74) is 0.553. The van der Waals surface area contributed by atoms with E-state index in [9.17, 15) is 19.3 Å². The van der Waals surface area contributed by atoms with Crippen LogP contribution in [0.3, 0.4) is 0 Å². The van der Waals surface area contributed by atoms with Crippen LogP contribution in [-0.4, -0.2) is 30.4 Å². The Morgan fingerprint density at radius 1 is 1.32 bits per heavy atom. The number of carbonyl (C=O) groups excluding carboxylic acids is 1. The summed E-state index contributed by atoms with van der Waals surface area (Å²) >= 11 is 0. The predicted molar refractivity (Wildman–Crippen MR) is 85.2 cm³/mol. The van der Waals surface area contributed by atoms with Crippen LogP contribution in [0.4, 0.5) is 15.9 Å². The van der Waals surface area contributed by atoms with Crippen LogP contribution in [0.2, 0.25) is 0 Å². The van der Waals surface area contributed by atoms with Gasteiger partial charge in [-0.1, -0.05) is 12.1 Å². The molecule has 0 atom stereocenters. The van der Waals surface area contributed by atoms with Gasteiger partial charge in [-0.3, -0.25) is 24.3 Å². The topological polar surface area (TPSA) is 108 Å². The highest BCUT2D eigenvalue weighted by molar-refractivity contribution is 5.89. The number of hydrogen-bond acceptors (Lipinski definition) is 5. The predicted octanol–water partition coefficient (Wildman–Crippen LogP) is 1.81. The minimum absolute atomic E-state index is 0.176. The normalized spacial score (nSPS) is 10.6. The summed E-state index contributed by atoms with van der Waals surface area (Å²) in [6, 6.07) is 7.75. The molecule has 0 aliphatic heterocycles. The lowest BCUT2D eigenvalue weighted by Crippen LogP contribution is -2.19. The Labute approximate surface area is 140 Å². The number of amides is 1. The van der Waals surface area contributed by atoms with Crippen LogP contribution in [0, 0.1) is 15.9 Å². The maximum atomic E-state index is 13.2. The first-order valence-electron chi connectivity index (χ1n) is 7.24. The van der Waals surface area contributed by atoms with E-state index in [1.165, 1.54) is 18.3 Å². The van der Waals surface area contributed by atoms with Crippen LogP contribution in [0.15, 0.2) is 48.9 Å². The molecule has 3 rings (SSSR count). The van der Waals surface area contributed by atoms with Crippen LogP contribution in [0.5, 0.6) is 0 Å². The first-order valence-corrected chi connectivity index (χ1v) is 7.24. The van der Waals surface area contributed by atoms with Crippen molar-refractivity contribution in [2.45, 2.75) is 13.1 Å². The number of halogens is 1. The molecule has 3 aromatic rings. The van der Waals surface area contributed by atoms with Crippen molar-refractivity contribution in [1.82, 2.24) is 19.6 Å². The van der Waals surface area contributed by atoms with Gasteiger partial charge in [0.25, 0.3) is 0 Å². The fourth-order valence-electron chi connectivity index (χ4n) is 2.20. The summed E-state index contributed by atoms with van der Waals surface area (Å²) in [7, 11) is 0. The third-order valence-electron chi connectivity index (χ3n) is 3.28. The van der Waals surface area contributed by atoms with Gasteiger partial charge < -0.3 is 5.32 Å². The Morgan fingerprint density at radius 2 is 2.16 bits per heavy atom. The van der Waals surface area contributed by atoms with Crippen LogP contribution in [-0.2, 0) is 17.9 Å². The monoisotopic (exact) mass is 344 g/mol. The number of nitrogens with zero attached hydrogens (tertiary/aromatic N) is 5. The minimum Gasteiger partial charge on any atom is -0.308 e. The Hall–Kier alpha value is -3.56. The molecule has 2 heterocycles. The fraction of sp³-hybridized carbons (Fsp3) is 0.133. The lowest BCUT2D eigenvalue weighted by Gasteiger charge is -2.03. The Kier molecular flexibility index (Phi) is 4.50. The van der Waals surface area contributed by atoms with Crippen molar-refractivity contribution >= 4 is 17.4 Å². The number of nitrogens with one attached hydrogen (secondary N) is 1. The van der Waals surface area contributed by atoms with Gasteiger partial charge in [-0.15, -0.1) is 0 Å². The Balaban J connectivity index is 1.58. The molecule has 2 aromatic heterocycles. The van der Waals surface area contributed by atoms with E-state index in [0.29, 0.717) is 12.4 Å². The number of rotatable bonds is 6. The zero-order chi connectivity index (χ0) is 17.8. The summed E-state index contributed by atoms with van der Waals surface area (Å²) in [5, 5.41) is 21.1. The molecule has 0 unspecified atom stereocenters. The highest BCUT2D eigenvalue weighted by atomic mass is 19.1.